The van der Waals surface area contributed by atoms with Gasteiger partial charge in [0, 0.05) is 42.4 Å². The van der Waals surface area contributed by atoms with E-state index in [2.05, 4.69) is 49.8 Å². The molecule has 2 heterocycles. The molecule has 0 saturated carbocycles. The highest BCUT2D eigenvalue weighted by atomic mass is 35.5. The predicted molar refractivity (Wildman–Crippen MR) is 120 cm³/mol. The van der Waals surface area contributed by atoms with Crippen molar-refractivity contribution in [3.8, 4) is 5.75 Å². The van der Waals surface area contributed by atoms with Crippen molar-refractivity contribution in [2.75, 3.05) is 32.1 Å². The first-order valence-corrected chi connectivity index (χ1v) is 10.2. The molecule has 1 aliphatic heterocycles. The van der Waals surface area contributed by atoms with Crippen molar-refractivity contribution < 1.29 is 4.74 Å². The van der Waals surface area contributed by atoms with Crippen LogP contribution in [0.25, 0.3) is 10.9 Å². The molecule has 6 nitrogen and oxygen atoms in total. The predicted octanol–water partition coefficient (Wildman–Crippen LogP) is 3.77. The molecule has 1 unspecified atom stereocenters. The molecule has 3 N–H and O–H groups in total. The molecule has 3 aromatic rings. The summed E-state index contributed by atoms with van der Waals surface area (Å²) in [6.07, 6.45) is 1.02. The van der Waals surface area contributed by atoms with Crippen LogP contribution >= 0.6 is 11.6 Å². The van der Waals surface area contributed by atoms with Crippen molar-refractivity contribution in [1.29, 1.82) is 0 Å². The van der Waals surface area contributed by atoms with Crippen LogP contribution in [0.15, 0.2) is 53.5 Å². The van der Waals surface area contributed by atoms with Gasteiger partial charge in [0.25, 0.3) is 0 Å². The summed E-state index contributed by atoms with van der Waals surface area (Å²) < 4.78 is 5.50. The minimum atomic E-state index is 0.299. The molecule has 1 atom stereocenters. The number of hydrogen-bond acceptors (Lipinski definition) is 3. The third kappa shape index (κ3) is 4.43. The largest absolute Gasteiger partial charge is 0.495 e. The smallest absolute Gasteiger partial charge is 0.191 e. The number of rotatable bonds is 5. The summed E-state index contributed by atoms with van der Waals surface area (Å²) in [6, 6.07) is 16.5. The molecule has 2 aromatic carbocycles. The van der Waals surface area contributed by atoms with Crippen molar-refractivity contribution in [3.05, 3.63) is 59.2 Å². The van der Waals surface area contributed by atoms with Crippen LogP contribution < -0.4 is 20.3 Å². The van der Waals surface area contributed by atoms with E-state index in [4.69, 9.17) is 16.3 Å². The van der Waals surface area contributed by atoms with Gasteiger partial charge in [0.2, 0.25) is 0 Å². The SMILES string of the molecule is CN=C(NCc1cc2ccccc2[nH]1)NC1CCN(c2cc(Cl)ccc2OC)C1. The maximum atomic E-state index is 6.19. The van der Waals surface area contributed by atoms with Gasteiger partial charge in [-0.15, -0.1) is 0 Å². The Hall–Kier alpha value is -2.86. The third-order valence-corrected chi connectivity index (χ3v) is 5.50. The highest BCUT2D eigenvalue weighted by molar-refractivity contribution is 6.30. The van der Waals surface area contributed by atoms with Crippen molar-refractivity contribution >= 4 is 34.2 Å². The van der Waals surface area contributed by atoms with Gasteiger partial charge in [-0.05, 0) is 42.1 Å². The number of guanidine groups is 1. The Labute approximate surface area is 175 Å². The fourth-order valence-electron chi connectivity index (χ4n) is 3.80. The number of ether oxygens (including phenoxy) is 1. The quantitative estimate of drug-likeness (QED) is 0.441. The van der Waals surface area contributed by atoms with E-state index in [0.29, 0.717) is 17.6 Å². The molecule has 0 amide bonds. The fraction of sp³-hybridized carbons (Fsp3) is 0.318. The molecular formula is C22H26ClN5O. The molecule has 0 bridgehead atoms. The molecule has 0 radical (unpaired) electrons. The standard InChI is InChI=1S/C22H26ClN5O/c1-24-22(25-13-18-11-15-5-3-4-6-19(15)26-18)27-17-9-10-28(14-17)20-12-16(23)7-8-21(20)29-2/h3-8,11-12,17,26H,9-10,13-14H2,1-2H3,(H2,24,25,27). The zero-order valence-electron chi connectivity index (χ0n) is 16.7. The number of H-pyrrole nitrogens is 1. The van der Waals surface area contributed by atoms with E-state index in [1.807, 2.05) is 24.3 Å². The second-order valence-electron chi connectivity index (χ2n) is 7.20. The molecule has 4 rings (SSSR count). The Morgan fingerprint density at radius 2 is 2.14 bits per heavy atom. The van der Waals surface area contributed by atoms with Crippen LogP contribution in [0.1, 0.15) is 12.1 Å². The van der Waals surface area contributed by atoms with Gasteiger partial charge in [-0.2, -0.15) is 0 Å². The Morgan fingerprint density at radius 1 is 1.28 bits per heavy atom. The van der Waals surface area contributed by atoms with E-state index in [-0.39, 0.29) is 0 Å². The summed E-state index contributed by atoms with van der Waals surface area (Å²) in [4.78, 5) is 10.1. The van der Waals surface area contributed by atoms with Gasteiger partial charge in [0.1, 0.15) is 5.75 Å². The molecule has 1 saturated heterocycles. The molecule has 29 heavy (non-hydrogen) atoms. The highest BCUT2D eigenvalue weighted by Gasteiger charge is 2.25. The number of aliphatic imine (C=N–C) groups is 1. The van der Waals surface area contributed by atoms with Gasteiger partial charge in [0.15, 0.2) is 5.96 Å². The molecule has 7 heteroatoms. The highest BCUT2D eigenvalue weighted by Crippen LogP contribution is 2.33. The van der Waals surface area contributed by atoms with Crippen LogP contribution in [0, 0.1) is 0 Å². The van der Waals surface area contributed by atoms with Crippen LogP contribution in [0.3, 0.4) is 0 Å². The van der Waals surface area contributed by atoms with E-state index >= 15 is 0 Å². The number of halogens is 1. The Bertz CT molecular complexity index is 982. The Morgan fingerprint density at radius 3 is 2.93 bits per heavy atom. The summed E-state index contributed by atoms with van der Waals surface area (Å²) in [5.41, 5.74) is 3.31. The number of benzene rings is 2. The fourth-order valence-corrected chi connectivity index (χ4v) is 3.97. The molecule has 1 aromatic heterocycles. The number of hydrogen-bond donors (Lipinski definition) is 3. The van der Waals surface area contributed by atoms with Gasteiger partial charge in [0.05, 0.1) is 19.3 Å². The maximum Gasteiger partial charge on any atom is 0.191 e. The van der Waals surface area contributed by atoms with Crippen LogP contribution in [0.2, 0.25) is 5.02 Å². The minimum Gasteiger partial charge on any atom is -0.495 e. The number of anilines is 1. The number of methoxy groups -OCH3 is 1. The first-order chi connectivity index (χ1) is 14.2. The minimum absolute atomic E-state index is 0.299. The molecule has 1 aliphatic rings. The van der Waals surface area contributed by atoms with Crippen LogP contribution in [0.4, 0.5) is 5.69 Å². The number of fused-ring (bicyclic) bond motifs is 1. The van der Waals surface area contributed by atoms with Gasteiger partial charge >= 0.3 is 0 Å². The molecule has 0 spiro atoms. The van der Waals surface area contributed by atoms with Crippen molar-refractivity contribution in [2.24, 2.45) is 4.99 Å². The monoisotopic (exact) mass is 411 g/mol. The lowest BCUT2D eigenvalue weighted by molar-refractivity contribution is 0.415. The van der Waals surface area contributed by atoms with Crippen LogP contribution in [-0.4, -0.2) is 44.2 Å². The second kappa shape index (κ2) is 8.66. The summed E-state index contributed by atoms with van der Waals surface area (Å²) in [5.74, 6) is 1.64. The van der Waals surface area contributed by atoms with Crippen molar-refractivity contribution in [1.82, 2.24) is 15.6 Å². The Balaban J connectivity index is 1.35. The van der Waals surface area contributed by atoms with Crippen molar-refractivity contribution in [2.45, 2.75) is 19.0 Å². The van der Waals surface area contributed by atoms with E-state index in [1.54, 1.807) is 14.2 Å². The van der Waals surface area contributed by atoms with E-state index in [1.165, 1.54) is 5.39 Å². The number of nitrogens with one attached hydrogen (secondary N) is 3. The van der Waals surface area contributed by atoms with E-state index in [0.717, 1.165) is 48.1 Å². The van der Waals surface area contributed by atoms with Gasteiger partial charge in [-0.3, -0.25) is 4.99 Å². The molecule has 1 fully saturated rings. The first kappa shape index (κ1) is 19.5. The lowest BCUT2D eigenvalue weighted by Crippen LogP contribution is -2.44. The zero-order chi connectivity index (χ0) is 20.2. The third-order valence-electron chi connectivity index (χ3n) is 5.27. The maximum absolute atomic E-state index is 6.19. The number of aromatic nitrogens is 1. The lowest BCUT2D eigenvalue weighted by Gasteiger charge is -2.22. The first-order valence-electron chi connectivity index (χ1n) is 9.78. The summed E-state index contributed by atoms with van der Waals surface area (Å²) in [5, 5.41) is 8.87. The zero-order valence-corrected chi connectivity index (χ0v) is 17.5. The number of nitrogens with zero attached hydrogens (tertiary/aromatic N) is 2. The number of para-hydroxylation sites is 1. The molecule has 152 valence electrons. The van der Waals surface area contributed by atoms with Gasteiger partial charge < -0.3 is 25.3 Å². The normalized spacial score (nSPS) is 17.0. The van der Waals surface area contributed by atoms with E-state index < -0.39 is 0 Å². The Kier molecular flexibility index (Phi) is 5.81. The van der Waals surface area contributed by atoms with Gasteiger partial charge in [-0.25, -0.2) is 0 Å². The average Bonchev–Trinajstić information content (AvgIpc) is 3.37. The van der Waals surface area contributed by atoms with E-state index in [9.17, 15) is 0 Å². The lowest BCUT2D eigenvalue weighted by atomic mass is 10.2. The average molecular weight is 412 g/mol. The topological polar surface area (TPSA) is 64.7 Å². The van der Waals surface area contributed by atoms with Crippen molar-refractivity contribution in [3.63, 3.8) is 0 Å². The van der Waals surface area contributed by atoms with Crippen LogP contribution in [0.5, 0.6) is 5.75 Å². The summed E-state index contributed by atoms with van der Waals surface area (Å²) in [7, 11) is 3.49. The summed E-state index contributed by atoms with van der Waals surface area (Å²) in [6.45, 7) is 2.49. The molecule has 0 aliphatic carbocycles. The van der Waals surface area contributed by atoms with Gasteiger partial charge in [-0.1, -0.05) is 29.8 Å². The second-order valence-corrected chi connectivity index (χ2v) is 7.64. The number of aromatic amines is 1. The molecular weight excluding hydrogens is 386 g/mol. The summed E-state index contributed by atoms with van der Waals surface area (Å²) >= 11 is 6.19. The van der Waals surface area contributed by atoms with Crippen LogP contribution in [-0.2, 0) is 6.54 Å².